The highest BCUT2D eigenvalue weighted by atomic mass is 16.5. The smallest absolute Gasteiger partial charge is 0.255 e. The van der Waals surface area contributed by atoms with Gasteiger partial charge in [0, 0.05) is 25.7 Å². The lowest BCUT2D eigenvalue weighted by atomic mass is 10.1. The summed E-state index contributed by atoms with van der Waals surface area (Å²) >= 11 is 0. The van der Waals surface area contributed by atoms with Gasteiger partial charge >= 0.3 is 0 Å². The summed E-state index contributed by atoms with van der Waals surface area (Å²) in [6.45, 7) is 2.53. The molecule has 18 heavy (non-hydrogen) atoms. The van der Waals surface area contributed by atoms with Crippen molar-refractivity contribution in [1.82, 2.24) is 10.6 Å². The van der Waals surface area contributed by atoms with Crippen molar-refractivity contribution in [3.8, 4) is 11.5 Å². The molecule has 1 amide bonds. The van der Waals surface area contributed by atoms with Crippen molar-refractivity contribution in [1.29, 1.82) is 0 Å². The lowest BCUT2D eigenvalue weighted by Crippen LogP contribution is -2.45. The molecule has 1 aliphatic rings. The minimum Gasteiger partial charge on any atom is -0.508 e. The van der Waals surface area contributed by atoms with Gasteiger partial charge in [0.1, 0.15) is 11.5 Å². The Hall–Kier alpha value is -1.79. The molecule has 0 spiro atoms. The second-order valence-corrected chi connectivity index (χ2v) is 4.11. The average molecular weight is 252 g/mol. The molecule has 1 aliphatic heterocycles. The second kappa shape index (κ2) is 5.70. The standard InChI is InChI=1S/C12H16N2O4/c15-8-1-2-10(11(16)5-8)12(17)14-7-9-6-13-3-4-18-9/h1-2,5,9,13,15-16H,3-4,6-7H2,(H,14,17). The molecule has 1 saturated heterocycles. The first-order valence-corrected chi connectivity index (χ1v) is 5.79. The van der Waals surface area contributed by atoms with Crippen LogP contribution in [0.25, 0.3) is 0 Å². The van der Waals surface area contributed by atoms with Gasteiger partial charge in [-0.05, 0) is 12.1 Å². The van der Waals surface area contributed by atoms with E-state index >= 15 is 0 Å². The maximum Gasteiger partial charge on any atom is 0.255 e. The number of morpholine rings is 1. The number of amides is 1. The van der Waals surface area contributed by atoms with Crippen LogP contribution in [0.4, 0.5) is 0 Å². The van der Waals surface area contributed by atoms with Crippen LogP contribution in [0.5, 0.6) is 11.5 Å². The Labute approximate surface area is 105 Å². The van der Waals surface area contributed by atoms with E-state index in [4.69, 9.17) is 9.84 Å². The second-order valence-electron chi connectivity index (χ2n) is 4.11. The summed E-state index contributed by atoms with van der Waals surface area (Å²) in [6, 6.07) is 3.86. The minimum absolute atomic E-state index is 0.0537. The lowest BCUT2D eigenvalue weighted by Gasteiger charge is -2.23. The summed E-state index contributed by atoms with van der Waals surface area (Å²) in [5.74, 6) is -0.708. The fourth-order valence-corrected chi connectivity index (χ4v) is 1.76. The van der Waals surface area contributed by atoms with Crippen molar-refractivity contribution in [2.75, 3.05) is 26.2 Å². The molecule has 1 aromatic rings. The lowest BCUT2D eigenvalue weighted by molar-refractivity contribution is 0.0287. The number of hydrogen-bond donors (Lipinski definition) is 4. The summed E-state index contributed by atoms with van der Waals surface area (Å²) in [5.41, 5.74) is 0.136. The number of ether oxygens (including phenoxy) is 1. The normalized spacial score (nSPS) is 19.4. The monoisotopic (exact) mass is 252 g/mol. The molecule has 0 aromatic heterocycles. The molecule has 1 fully saturated rings. The van der Waals surface area contributed by atoms with Crippen molar-refractivity contribution >= 4 is 5.91 Å². The van der Waals surface area contributed by atoms with Gasteiger partial charge in [-0.2, -0.15) is 0 Å². The zero-order valence-corrected chi connectivity index (χ0v) is 9.85. The molecule has 1 heterocycles. The summed E-state index contributed by atoms with van der Waals surface area (Å²) in [5, 5.41) is 24.5. The van der Waals surface area contributed by atoms with Gasteiger partial charge in [-0.15, -0.1) is 0 Å². The van der Waals surface area contributed by atoms with Gasteiger partial charge in [-0.3, -0.25) is 4.79 Å². The van der Waals surface area contributed by atoms with E-state index in [2.05, 4.69) is 10.6 Å². The SMILES string of the molecule is O=C(NCC1CNCCO1)c1ccc(O)cc1O. The largest absolute Gasteiger partial charge is 0.508 e. The molecule has 6 heteroatoms. The fourth-order valence-electron chi connectivity index (χ4n) is 1.76. The minimum atomic E-state index is -0.387. The Bertz CT molecular complexity index is 430. The highest BCUT2D eigenvalue weighted by molar-refractivity contribution is 5.96. The Kier molecular flexibility index (Phi) is 4.01. The number of carbonyl (C=O) groups is 1. The van der Waals surface area contributed by atoms with Gasteiger partial charge in [0.15, 0.2) is 0 Å². The number of phenols is 2. The van der Waals surface area contributed by atoms with Gasteiger partial charge in [0.2, 0.25) is 0 Å². The quantitative estimate of drug-likeness (QED) is 0.599. The topological polar surface area (TPSA) is 90.8 Å². The van der Waals surface area contributed by atoms with Gasteiger partial charge in [0.25, 0.3) is 5.91 Å². The molecule has 6 nitrogen and oxygen atoms in total. The number of hydrogen-bond acceptors (Lipinski definition) is 5. The molecule has 4 N–H and O–H groups in total. The fraction of sp³-hybridized carbons (Fsp3) is 0.417. The first-order chi connectivity index (χ1) is 8.66. The molecule has 1 aromatic carbocycles. The van der Waals surface area contributed by atoms with Crippen LogP contribution in [0, 0.1) is 0 Å². The third kappa shape index (κ3) is 3.12. The molecular formula is C12H16N2O4. The maximum absolute atomic E-state index is 11.8. The van der Waals surface area contributed by atoms with Crippen LogP contribution in [0.15, 0.2) is 18.2 Å². The van der Waals surface area contributed by atoms with Gasteiger partial charge < -0.3 is 25.6 Å². The summed E-state index contributed by atoms with van der Waals surface area (Å²) < 4.78 is 5.43. The molecule has 0 radical (unpaired) electrons. The van der Waals surface area contributed by atoms with Crippen LogP contribution >= 0.6 is 0 Å². The third-order valence-corrected chi connectivity index (χ3v) is 2.72. The molecule has 1 unspecified atom stereocenters. The van der Waals surface area contributed by atoms with Crippen molar-refractivity contribution in [2.45, 2.75) is 6.10 Å². The summed E-state index contributed by atoms with van der Waals surface area (Å²) in [6.07, 6.45) is -0.0537. The van der Waals surface area contributed by atoms with Crippen molar-refractivity contribution in [2.24, 2.45) is 0 Å². The van der Waals surface area contributed by atoms with Gasteiger partial charge in [-0.25, -0.2) is 0 Å². The van der Waals surface area contributed by atoms with E-state index < -0.39 is 0 Å². The number of nitrogens with one attached hydrogen (secondary N) is 2. The molecule has 0 saturated carbocycles. The molecule has 0 bridgehead atoms. The Morgan fingerprint density at radius 3 is 3.00 bits per heavy atom. The van der Waals surface area contributed by atoms with Crippen LogP contribution in [0.1, 0.15) is 10.4 Å². The highest BCUT2D eigenvalue weighted by Gasteiger charge is 2.16. The molecule has 1 atom stereocenters. The molecular weight excluding hydrogens is 236 g/mol. The molecule has 2 rings (SSSR count). The van der Waals surface area contributed by atoms with E-state index in [9.17, 15) is 9.90 Å². The zero-order valence-electron chi connectivity index (χ0n) is 9.85. The van der Waals surface area contributed by atoms with E-state index in [1.807, 2.05) is 0 Å². The van der Waals surface area contributed by atoms with E-state index in [0.717, 1.165) is 12.6 Å². The van der Waals surface area contributed by atoms with Crippen molar-refractivity contribution < 1.29 is 19.7 Å². The zero-order chi connectivity index (χ0) is 13.0. The third-order valence-electron chi connectivity index (χ3n) is 2.72. The highest BCUT2D eigenvalue weighted by Crippen LogP contribution is 2.22. The van der Waals surface area contributed by atoms with E-state index in [1.165, 1.54) is 12.1 Å². The van der Waals surface area contributed by atoms with Gasteiger partial charge in [0.05, 0.1) is 18.3 Å². The van der Waals surface area contributed by atoms with E-state index in [0.29, 0.717) is 19.7 Å². The van der Waals surface area contributed by atoms with Crippen LogP contribution in [-0.4, -0.2) is 48.5 Å². The molecule has 0 aliphatic carbocycles. The van der Waals surface area contributed by atoms with Crippen molar-refractivity contribution in [3.63, 3.8) is 0 Å². The number of carbonyl (C=O) groups excluding carboxylic acids is 1. The number of rotatable bonds is 3. The van der Waals surface area contributed by atoms with Gasteiger partial charge in [-0.1, -0.05) is 0 Å². The van der Waals surface area contributed by atoms with Crippen LogP contribution in [-0.2, 0) is 4.74 Å². The average Bonchev–Trinajstić information content (AvgIpc) is 2.37. The van der Waals surface area contributed by atoms with E-state index in [-0.39, 0.29) is 29.1 Å². The van der Waals surface area contributed by atoms with E-state index in [1.54, 1.807) is 0 Å². The van der Waals surface area contributed by atoms with Crippen LogP contribution in [0.2, 0.25) is 0 Å². The molecule has 98 valence electrons. The number of phenolic OH excluding ortho intramolecular Hbond substituents is 2. The first kappa shape index (κ1) is 12.7. The van der Waals surface area contributed by atoms with Crippen LogP contribution in [0.3, 0.4) is 0 Å². The Balaban J connectivity index is 1.90. The number of aromatic hydroxyl groups is 2. The Morgan fingerprint density at radius 1 is 1.50 bits per heavy atom. The van der Waals surface area contributed by atoms with Crippen LogP contribution < -0.4 is 10.6 Å². The summed E-state index contributed by atoms with van der Waals surface area (Å²) in [4.78, 5) is 11.8. The predicted octanol–water partition coefficient (Wildman–Crippen LogP) is -0.184. The predicted molar refractivity (Wildman–Crippen MR) is 64.7 cm³/mol. The number of benzene rings is 1. The Morgan fingerprint density at radius 2 is 2.33 bits per heavy atom. The maximum atomic E-state index is 11.8. The summed E-state index contributed by atoms with van der Waals surface area (Å²) in [7, 11) is 0. The first-order valence-electron chi connectivity index (χ1n) is 5.79. The van der Waals surface area contributed by atoms with Crippen molar-refractivity contribution in [3.05, 3.63) is 23.8 Å².